The van der Waals surface area contributed by atoms with E-state index in [4.69, 9.17) is 10.2 Å². The second-order valence-electron chi connectivity index (χ2n) is 3.73. The van der Waals surface area contributed by atoms with Crippen LogP contribution in [0.3, 0.4) is 0 Å². The molecule has 3 heteroatoms. The maximum Gasteiger partial charge on any atom is 0.0950 e. The first kappa shape index (κ1) is 11.3. The summed E-state index contributed by atoms with van der Waals surface area (Å²) in [7, 11) is 2.11. The van der Waals surface area contributed by atoms with Gasteiger partial charge in [0, 0.05) is 18.2 Å². The van der Waals surface area contributed by atoms with Crippen LogP contribution in [-0.4, -0.2) is 24.5 Å². The van der Waals surface area contributed by atoms with Crippen molar-refractivity contribution in [3.63, 3.8) is 0 Å². The van der Waals surface area contributed by atoms with Gasteiger partial charge in [-0.3, -0.25) is 4.90 Å². The van der Waals surface area contributed by atoms with Crippen LogP contribution in [0.4, 0.5) is 0 Å². The van der Waals surface area contributed by atoms with Crippen molar-refractivity contribution >= 4 is 0 Å². The van der Waals surface area contributed by atoms with Gasteiger partial charge in [0.2, 0.25) is 0 Å². The number of nitrogens with two attached hydrogens (primary N) is 1. The molecule has 3 nitrogen and oxygen atoms in total. The van der Waals surface area contributed by atoms with Crippen LogP contribution in [-0.2, 0) is 0 Å². The summed E-state index contributed by atoms with van der Waals surface area (Å²) in [5.74, 6) is 0. The number of furan rings is 1. The molecule has 0 saturated carbocycles. The molecular formula is C11H20N2O. The molecule has 1 aromatic rings. The Kier molecular flexibility index (Phi) is 4.17. The van der Waals surface area contributed by atoms with Crippen LogP contribution in [0, 0.1) is 0 Å². The summed E-state index contributed by atoms with van der Waals surface area (Å²) in [6, 6.07) is 2.79. The van der Waals surface area contributed by atoms with Crippen LogP contribution >= 0.6 is 0 Å². The number of hydrogen-bond acceptors (Lipinski definition) is 3. The fraction of sp³-hybridized carbons (Fsp3) is 0.636. The maximum absolute atomic E-state index is 5.77. The van der Waals surface area contributed by atoms with Gasteiger partial charge in [0.15, 0.2) is 0 Å². The van der Waals surface area contributed by atoms with Gasteiger partial charge in [-0.05, 0) is 26.5 Å². The van der Waals surface area contributed by atoms with Crippen molar-refractivity contribution in [2.75, 3.05) is 13.6 Å². The Bertz CT molecular complexity index is 246. The van der Waals surface area contributed by atoms with Gasteiger partial charge < -0.3 is 10.2 Å². The van der Waals surface area contributed by atoms with E-state index in [0.717, 1.165) is 12.0 Å². The molecule has 0 aromatic carbocycles. The molecule has 1 heterocycles. The zero-order chi connectivity index (χ0) is 10.6. The number of nitrogens with zero attached hydrogens (tertiary/aromatic N) is 1. The molecule has 1 aromatic heterocycles. The third-order valence-corrected chi connectivity index (χ3v) is 2.93. The normalized spacial score (nSPS) is 15.8. The summed E-state index contributed by atoms with van der Waals surface area (Å²) in [5, 5.41) is 0. The lowest BCUT2D eigenvalue weighted by molar-refractivity contribution is 0.184. The molecule has 0 saturated heterocycles. The van der Waals surface area contributed by atoms with E-state index < -0.39 is 0 Å². The van der Waals surface area contributed by atoms with E-state index in [1.807, 2.05) is 6.07 Å². The van der Waals surface area contributed by atoms with Crippen molar-refractivity contribution in [2.45, 2.75) is 32.4 Å². The van der Waals surface area contributed by atoms with Crippen LogP contribution in [0.25, 0.3) is 0 Å². The predicted molar refractivity (Wildman–Crippen MR) is 58.0 cm³/mol. The Hall–Kier alpha value is -0.800. The van der Waals surface area contributed by atoms with Crippen molar-refractivity contribution in [1.82, 2.24) is 4.90 Å². The molecule has 0 aliphatic carbocycles. The number of rotatable bonds is 5. The average molecular weight is 196 g/mol. The Morgan fingerprint density at radius 3 is 2.71 bits per heavy atom. The van der Waals surface area contributed by atoms with Gasteiger partial charge in [-0.15, -0.1) is 0 Å². The molecule has 0 spiro atoms. The van der Waals surface area contributed by atoms with Gasteiger partial charge in [-0.25, -0.2) is 0 Å². The molecule has 2 N–H and O–H groups in total. The van der Waals surface area contributed by atoms with Crippen molar-refractivity contribution in [3.05, 3.63) is 24.2 Å². The highest BCUT2D eigenvalue weighted by atomic mass is 16.3. The van der Waals surface area contributed by atoms with Crippen molar-refractivity contribution in [3.8, 4) is 0 Å². The molecule has 2 atom stereocenters. The highest BCUT2D eigenvalue weighted by Crippen LogP contribution is 2.21. The molecule has 0 aliphatic heterocycles. The van der Waals surface area contributed by atoms with Crippen LogP contribution in [0.15, 0.2) is 23.0 Å². The van der Waals surface area contributed by atoms with E-state index in [-0.39, 0.29) is 6.04 Å². The molecule has 80 valence electrons. The van der Waals surface area contributed by atoms with Gasteiger partial charge in [0.25, 0.3) is 0 Å². The number of likely N-dealkylation sites (N-methyl/N-ethyl adjacent to an activating group) is 1. The Labute approximate surface area is 85.9 Å². The second kappa shape index (κ2) is 5.17. The lowest BCUT2D eigenvalue weighted by atomic mass is 10.1. The zero-order valence-corrected chi connectivity index (χ0v) is 9.23. The molecule has 0 fully saturated rings. The van der Waals surface area contributed by atoms with E-state index in [1.54, 1.807) is 12.5 Å². The zero-order valence-electron chi connectivity index (χ0n) is 9.23. The van der Waals surface area contributed by atoms with Crippen molar-refractivity contribution in [1.29, 1.82) is 0 Å². The first-order valence-corrected chi connectivity index (χ1v) is 5.14. The Morgan fingerprint density at radius 2 is 2.29 bits per heavy atom. The molecule has 14 heavy (non-hydrogen) atoms. The van der Waals surface area contributed by atoms with Crippen LogP contribution < -0.4 is 5.73 Å². The molecule has 0 bridgehead atoms. The largest absolute Gasteiger partial charge is 0.472 e. The topological polar surface area (TPSA) is 42.4 Å². The first-order valence-electron chi connectivity index (χ1n) is 5.14. The minimum atomic E-state index is 0.267. The third kappa shape index (κ3) is 2.36. The van der Waals surface area contributed by atoms with Gasteiger partial charge >= 0.3 is 0 Å². The average Bonchev–Trinajstić information content (AvgIpc) is 2.71. The van der Waals surface area contributed by atoms with Gasteiger partial charge in [0.05, 0.1) is 18.6 Å². The van der Waals surface area contributed by atoms with Crippen LogP contribution in [0.2, 0.25) is 0 Å². The van der Waals surface area contributed by atoms with E-state index in [9.17, 15) is 0 Å². The van der Waals surface area contributed by atoms with E-state index >= 15 is 0 Å². The summed E-state index contributed by atoms with van der Waals surface area (Å²) < 4.78 is 5.08. The molecule has 0 radical (unpaired) electrons. The quantitative estimate of drug-likeness (QED) is 0.783. The first-order chi connectivity index (χ1) is 6.70. The molecule has 0 aliphatic rings. The lowest BCUT2D eigenvalue weighted by Gasteiger charge is -2.31. The molecule has 1 rings (SSSR count). The third-order valence-electron chi connectivity index (χ3n) is 2.93. The fourth-order valence-corrected chi connectivity index (χ4v) is 1.60. The Balaban J connectivity index is 2.72. The summed E-state index contributed by atoms with van der Waals surface area (Å²) in [6.45, 7) is 5.02. The van der Waals surface area contributed by atoms with E-state index in [1.165, 1.54) is 0 Å². The van der Waals surface area contributed by atoms with Crippen LogP contribution in [0.1, 0.15) is 31.9 Å². The highest BCUT2D eigenvalue weighted by molar-refractivity contribution is 5.12. The summed E-state index contributed by atoms with van der Waals surface area (Å²) >= 11 is 0. The summed E-state index contributed by atoms with van der Waals surface area (Å²) in [6.07, 6.45) is 4.60. The summed E-state index contributed by atoms with van der Waals surface area (Å²) in [4.78, 5) is 2.30. The lowest BCUT2D eigenvalue weighted by Crippen LogP contribution is -2.36. The van der Waals surface area contributed by atoms with E-state index in [2.05, 4.69) is 25.8 Å². The minimum Gasteiger partial charge on any atom is -0.472 e. The van der Waals surface area contributed by atoms with Gasteiger partial charge in [0.1, 0.15) is 0 Å². The fourth-order valence-electron chi connectivity index (χ4n) is 1.60. The van der Waals surface area contributed by atoms with E-state index in [0.29, 0.717) is 12.6 Å². The molecule has 0 amide bonds. The number of hydrogen-bond donors (Lipinski definition) is 1. The van der Waals surface area contributed by atoms with Crippen molar-refractivity contribution < 1.29 is 4.42 Å². The molecular weight excluding hydrogens is 176 g/mol. The minimum absolute atomic E-state index is 0.267. The highest BCUT2D eigenvalue weighted by Gasteiger charge is 2.19. The monoisotopic (exact) mass is 196 g/mol. The Morgan fingerprint density at radius 1 is 1.57 bits per heavy atom. The molecule has 2 unspecified atom stereocenters. The van der Waals surface area contributed by atoms with Gasteiger partial charge in [-0.2, -0.15) is 0 Å². The van der Waals surface area contributed by atoms with Gasteiger partial charge in [-0.1, -0.05) is 6.92 Å². The maximum atomic E-state index is 5.77. The smallest absolute Gasteiger partial charge is 0.0950 e. The van der Waals surface area contributed by atoms with Crippen molar-refractivity contribution in [2.24, 2.45) is 5.73 Å². The SMILES string of the molecule is CCC(C)N(C)C(CN)c1ccoc1. The standard InChI is InChI=1S/C11H20N2O/c1-4-9(2)13(3)11(7-12)10-5-6-14-8-10/h5-6,8-9,11H,4,7,12H2,1-3H3. The summed E-state index contributed by atoms with van der Waals surface area (Å²) in [5.41, 5.74) is 6.94. The van der Waals surface area contributed by atoms with Crippen LogP contribution in [0.5, 0.6) is 0 Å². The second-order valence-corrected chi connectivity index (χ2v) is 3.73. The predicted octanol–water partition coefficient (Wildman–Crippen LogP) is 2.01.